The van der Waals surface area contributed by atoms with Gasteiger partial charge in [-0.1, -0.05) is 11.8 Å². The van der Waals surface area contributed by atoms with Crippen molar-refractivity contribution >= 4 is 23.6 Å². The van der Waals surface area contributed by atoms with Gasteiger partial charge in [0.1, 0.15) is 0 Å². The van der Waals surface area contributed by atoms with E-state index in [9.17, 15) is 14.7 Å². The normalized spacial score (nSPS) is 19.1. The van der Waals surface area contributed by atoms with E-state index in [1.807, 2.05) is 5.41 Å². The number of carbonyl (C=O) groups excluding carboxylic acids is 2. The zero-order chi connectivity index (χ0) is 14.4. The maximum atomic E-state index is 11.7. The van der Waals surface area contributed by atoms with Gasteiger partial charge in [0.15, 0.2) is 5.50 Å². The summed E-state index contributed by atoms with van der Waals surface area (Å²) in [4.78, 5) is 22.6. The summed E-state index contributed by atoms with van der Waals surface area (Å²) in [6.45, 7) is 4.84. The number of hydrogen-bond donors (Lipinski definition) is 3. The van der Waals surface area contributed by atoms with Crippen molar-refractivity contribution in [2.45, 2.75) is 32.7 Å². The van der Waals surface area contributed by atoms with Crippen molar-refractivity contribution < 1.29 is 19.4 Å². The van der Waals surface area contributed by atoms with Gasteiger partial charge < -0.3 is 20.5 Å². The zero-order valence-corrected chi connectivity index (χ0v) is 12.0. The second-order valence-corrected chi connectivity index (χ2v) is 4.94. The molecule has 0 fully saturated rings. The van der Waals surface area contributed by atoms with Crippen molar-refractivity contribution in [3.05, 3.63) is 22.4 Å². The molecule has 1 amide bonds. The molecule has 0 bridgehead atoms. The minimum absolute atomic E-state index is 0.0610. The zero-order valence-electron chi connectivity index (χ0n) is 11.1. The molecule has 0 aromatic carbocycles. The molecule has 106 valence electrons. The number of rotatable bonds is 5. The van der Waals surface area contributed by atoms with Gasteiger partial charge in [0, 0.05) is 19.0 Å². The van der Waals surface area contributed by atoms with Crippen LogP contribution in [0.15, 0.2) is 22.4 Å². The Labute approximate surface area is 116 Å². The molecule has 1 atom stereocenters. The lowest BCUT2D eigenvalue weighted by Gasteiger charge is -2.14. The smallest absolute Gasteiger partial charge is 0.337 e. The van der Waals surface area contributed by atoms with Gasteiger partial charge in [-0.2, -0.15) is 0 Å². The van der Waals surface area contributed by atoms with Crippen LogP contribution in [-0.2, 0) is 14.3 Å². The Morgan fingerprint density at radius 2 is 2.21 bits per heavy atom. The van der Waals surface area contributed by atoms with Crippen molar-refractivity contribution in [2.75, 3.05) is 6.61 Å². The first-order valence-electron chi connectivity index (χ1n) is 5.88. The van der Waals surface area contributed by atoms with Crippen LogP contribution in [0.4, 0.5) is 0 Å². The second-order valence-electron chi connectivity index (χ2n) is 3.97. The van der Waals surface area contributed by atoms with Gasteiger partial charge in [-0.15, -0.1) is 0 Å². The highest BCUT2D eigenvalue weighted by Gasteiger charge is 2.22. The summed E-state index contributed by atoms with van der Waals surface area (Å²) in [5.41, 5.74) is 0.722. The molecule has 0 saturated carbocycles. The molecule has 1 heterocycles. The van der Waals surface area contributed by atoms with Crippen LogP contribution in [0.3, 0.4) is 0 Å². The summed E-state index contributed by atoms with van der Waals surface area (Å²) in [5, 5.41) is 17.1. The van der Waals surface area contributed by atoms with Crippen LogP contribution in [0.5, 0.6) is 0 Å². The molecule has 3 N–H and O–H groups in total. The Morgan fingerprint density at radius 3 is 2.74 bits per heavy atom. The average molecular weight is 286 g/mol. The number of esters is 1. The van der Waals surface area contributed by atoms with Gasteiger partial charge in [0.2, 0.25) is 5.91 Å². The Kier molecular flexibility index (Phi) is 5.75. The predicted octanol–water partition coefficient (Wildman–Crippen LogP) is 1.37. The van der Waals surface area contributed by atoms with E-state index >= 15 is 0 Å². The standard InChI is InChI=1S/C12H18N2O4S/c1-4-18-11(17)10(7(2)15)5-9-6-19-12(14-9)13-8(3)16/h6,12,14-15H,4-5H2,1-3H3,(H,13,16)/b10-7+. The Morgan fingerprint density at radius 1 is 1.53 bits per heavy atom. The highest BCUT2D eigenvalue weighted by molar-refractivity contribution is 8.02. The van der Waals surface area contributed by atoms with E-state index in [4.69, 9.17) is 4.74 Å². The van der Waals surface area contributed by atoms with Crippen LogP contribution >= 0.6 is 11.8 Å². The van der Waals surface area contributed by atoms with Gasteiger partial charge >= 0.3 is 5.97 Å². The van der Waals surface area contributed by atoms with Gasteiger partial charge in [0.05, 0.1) is 17.9 Å². The third-order valence-corrected chi connectivity index (χ3v) is 3.25. The van der Waals surface area contributed by atoms with Gasteiger partial charge in [-0.25, -0.2) is 4.79 Å². The number of allylic oxidation sites excluding steroid dienone is 2. The molecule has 1 rings (SSSR count). The third-order valence-electron chi connectivity index (χ3n) is 2.32. The number of ether oxygens (including phenoxy) is 1. The molecule has 19 heavy (non-hydrogen) atoms. The van der Waals surface area contributed by atoms with E-state index in [0.717, 1.165) is 5.70 Å². The quantitative estimate of drug-likeness (QED) is 0.402. The molecule has 0 aromatic rings. The molecule has 1 unspecified atom stereocenters. The molecular weight excluding hydrogens is 268 g/mol. The second kappa shape index (κ2) is 7.08. The molecule has 0 spiro atoms. The summed E-state index contributed by atoms with van der Waals surface area (Å²) in [7, 11) is 0. The first-order valence-corrected chi connectivity index (χ1v) is 6.82. The summed E-state index contributed by atoms with van der Waals surface area (Å²) in [5.74, 6) is -0.730. The average Bonchev–Trinajstić information content (AvgIpc) is 2.72. The highest BCUT2D eigenvalue weighted by atomic mass is 32.2. The fourth-order valence-electron chi connectivity index (χ4n) is 1.49. The fraction of sp³-hybridized carbons (Fsp3) is 0.500. The molecule has 6 nitrogen and oxygen atoms in total. The maximum absolute atomic E-state index is 11.7. The number of thioether (sulfide) groups is 1. The SMILES string of the molecule is CCOC(=O)/C(CC1=CSC(NC(C)=O)N1)=C(\C)O. The van der Waals surface area contributed by atoms with Crippen LogP contribution in [0.25, 0.3) is 0 Å². The molecular formula is C12H18N2O4S. The number of hydrogen-bond acceptors (Lipinski definition) is 6. The Bertz CT molecular complexity index is 427. The maximum Gasteiger partial charge on any atom is 0.337 e. The van der Waals surface area contributed by atoms with Crippen molar-refractivity contribution in [1.82, 2.24) is 10.6 Å². The van der Waals surface area contributed by atoms with Crippen molar-refractivity contribution in [1.29, 1.82) is 0 Å². The van der Waals surface area contributed by atoms with E-state index in [0.29, 0.717) is 0 Å². The molecule has 1 aliphatic heterocycles. The lowest BCUT2D eigenvalue weighted by atomic mass is 10.1. The van der Waals surface area contributed by atoms with Crippen LogP contribution in [-0.4, -0.2) is 29.1 Å². The lowest BCUT2D eigenvalue weighted by Crippen LogP contribution is -2.38. The Balaban J connectivity index is 2.61. The predicted molar refractivity (Wildman–Crippen MR) is 73.0 cm³/mol. The van der Waals surface area contributed by atoms with Crippen LogP contribution < -0.4 is 10.6 Å². The summed E-state index contributed by atoms with van der Waals surface area (Å²) in [6, 6.07) is 0. The number of amides is 1. The minimum atomic E-state index is -0.529. The fourth-order valence-corrected chi connectivity index (χ4v) is 2.40. The topological polar surface area (TPSA) is 87.7 Å². The van der Waals surface area contributed by atoms with E-state index in [1.165, 1.54) is 25.6 Å². The van der Waals surface area contributed by atoms with Crippen LogP contribution in [0.1, 0.15) is 27.2 Å². The number of aliphatic hydroxyl groups excluding tert-OH is 1. The first-order chi connectivity index (χ1) is 8.93. The molecule has 0 aliphatic carbocycles. The van der Waals surface area contributed by atoms with E-state index in [-0.39, 0.29) is 35.8 Å². The third kappa shape index (κ3) is 4.86. The van der Waals surface area contributed by atoms with E-state index < -0.39 is 5.97 Å². The van der Waals surface area contributed by atoms with Crippen LogP contribution in [0, 0.1) is 0 Å². The number of aliphatic hydroxyl groups is 1. The Hall–Kier alpha value is -1.63. The van der Waals surface area contributed by atoms with E-state index in [1.54, 1.807) is 6.92 Å². The summed E-state index contributed by atoms with van der Waals surface area (Å²) < 4.78 is 4.88. The van der Waals surface area contributed by atoms with Crippen molar-refractivity contribution in [3.63, 3.8) is 0 Å². The lowest BCUT2D eigenvalue weighted by molar-refractivity contribution is -0.138. The highest BCUT2D eigenvalue weighted by Crippen LogP contribution is 2.24. The van der Waals surface area contributed by atoms with Gasteiger partial charge in [-0.05, 0) is 19.3 Å². The molecule has 0 radical (unpaired) electrons. The molecule has 0 aromatic heterocycles. The minimum Gasteiger partial charge on any atom is -0.512 e. The first kappa shape index (κ1) is 15.4. The number of nitrogens with one attached hydrogen (secondary N) is 2. The summed E-state index contributed by atoms with van der Waals surface area (Å²) in [6.07, 6.45) is 0.240. The van der Waals surface area contributed by atoms with Crippen molar-refractivity contribution in [3.8, 4) is 0 Å². The van der Waals surface area contributed by atoms with Gasteiger partial charge in [0.25, 0.3) is 0 Å². The largest absolute Gasteiger partial charge is 0.512 e. The van der Waals surface area contributed by atoms with Crippen molar-refractivity contribution in [2.24, 2.45) is 0 Å². The van der Waals surface area contributed by atoms with Crippen LogP contribution in [0.2, 0.25) is 0 Å². The van der Waals surface area contributed by atoms with E-state index in [2.05, 4.69) is 10.6 Å². The monoisotopic (exact) mass is 286 g/mol. The number of carbonyl (C=O) groups is 2. The molecule has 7 heteroatoms. The molecule has 0 saturated heterocycles. The molecule has 1 aliphatic rings. The summed E-state index contributed by atoms with van der Waals surface area (Å²) >= 11 is 1.40. The van der Waals surface area contributed by atoms with Gasteiger partial charge in [-0.3, -0.25) is 4.79 Å².